The standard InChI is InChI=1S/C16H22ClN3O2/c17-13-3-4-15(18-10-13)19-14(12-1-2-12)9-11-5-7-20(8-6-11)16(21)22/h3-4,10-12,14H,1-2,5-9H2,(H,18,19)(H,21,22). The Kier molecular flexibility index (Phi) is 4.71. The van der Waals surface area contributed by atoms with Crippen LogP contribution in [-0.4, -0.2) is 40.2 Å². The fourth-order valence-electron chi connectivity index (χ4n) is 3.24. The second kappa shape index (κ2) is 6.73. The molecule has 3 rings (SSSR count). The molecule has 1 aromatic heterocycles. The lowest BCUT2D eigenvalue weighted by atomic mass is 9.88. The number of rotatable bonds is 5. The first-order valence-electron chi connectivity index (χ1n) is 7.98. The number of nitrogens with zero attached hydrogens (tertiary/aromatic N) is 2. The lowest BCUT2D eigenvalue weighted by Gasteiger charge is -2.32. The van der Waals surface area contributed by atoms with Crippen LogP contribution in [0.5, 0.6) is 0 Å². The molecular formula is C16H22ClN3O2. The van der Waals surface area contributed by atoms with Gasteiger partial charge in [-0.25, -0.2) is 9.78 Å². The summed E-state index contributed by atoms with van der Waals surface area (Å²) in [5, 5.41) is 13.2. The van der Waals surface area contributed by atoms with Crippen molar-refractivity contribution < 1.29 is 9.90 Å². The van der Waals surface area contributed by atoms with Crippen molar-refractivity contribution in [2.45, 2.75) is 38.1 Å². The average Bonchev–Trinajstić information content (AvgIpc) is 3.34. The molecule has 120 valence electrons. The molecule has 1 unspecified atom stereocenters. The smallest absolute Gasteiger partial charge is 0.407 e. The number of likely N-dealkylation sites (tertiary alicyclic amines) is 1. The molecule has 1 saturated heterocycles. The van der Waals surface area contributed by atoms with E-state index in [0.717, 1.165) is 31.0 Å². The number of halogens is 1. The Morgan fingerprint density at radius 1 is 1.36 bits per heavy atom. The highest BCUT2D eigenvalue weighted by molar-refractivity contribution is 6.30. The van der Waals surface area contributed by atoms with Gasteiger partial charge in [0, 0.05) is 25.3 Å². The normalized spacial score (nSPS) is 20.7. The summed E-state index contributed by atoms with van der Waals surface area (Å²) in [6, 6.07) is 4.21. The molecule has 5 nitrogen and oxygen atoms in total. The van der Waals surface area contributed by atoms with Crippen LogP contribution in [0.1, 0.15) is 32.1 Å². The third-order valence-electron chi connectivity index (χ3n) is 4.72. The number of piperidine rings is 1. The SMILES string of the molecule is O=C(O)N1CCC(CC(Nc2ccc(Cl)cn2)C2CC2)CC1. The Morgan fingerprint density at radius 3 is 2.64 bits per heavy atom. The number of carbonyl (C=O) groups is 1. The maximum absolute atomic E-state index is 11.0. The highest BCUT2D eigenvalue weighted by Gasteiger charge is 2.34. The molecule has 0 aromatic carbocycles. The third kappa shape index (κ3) is 4.03. The van der Waals surface area contributed by atoms with E-state index in [0.29, 0.717) is 30.1 Å². The van der Waals surface area contributed by atoms with Crippen LogP contribution in [0.2, 0.25) is 5.02 Å². The van der Waals surface area contributed by atoms with Gasteiger partial charge in [-0.3, -0.25) is 0 Å². The third-order valence-corrected chi connectivity index (χ3v) is 4.95. The molecule has 2 aliphatic rings. The molecule has 2 fully saturated rings. The van der Waals surface area contributed by atoms with Crippen molar-refractivity contribution in [1.29, 1.82) is 0 Å². The summed E-state index contributed by atoms with van der Waals surface area (Å²) in [6.07, 6.45) is 6.46. The highest BCUT2D eigenvalue weighted by atomic mass is 35.5. The Hall–Kier alpha value is -1.49. The first-order valence-corrected chi connectivity index (χ1v) is 8.35. The van der Waals surface area contributed by atoms with E-state index in [1.807, 2.05) is 12.1 Å². The lowest BCUT2D eigenvalue weighted by molar-refractivity contribution is 0.122. The van der Waals surface area contributed by atoms with Crippen LogP contribution in [0.3, 0.4) is 0 Å². The molecule has 0 bridgehead atoms. The van der Waals surface area contributed by atoms with Crippen molar-refractivity contribution in [3.05, 3.63) is 23.4 Å². The average molecular weight is 324 g/mol. The van der Waals surface area contributed by atoms with Gasteiger partial charge >= 0.3 is 6.09 Å². The maximum Gasteiger partial charge on any atom is 0.407 e. The van der Waals surface area contributed by atoms with E-state index in [1.165, 1.54) is 17.7 Å². The Balaban J connectivity index is 1.54. The highest BCUT2D eigenvalue weighted by Crippen LogP contribution is 2.38. The number of nitrogens with one attached hydrogen (secondary N) is 1. The van der Waals surface area contributed by atoms with Gasteiger partial charge in [-0.2, -0.15) is 0 Å². The van der Waals surface area contributed by atoms with Gasteiger partial charge in [-0.05, 0) is 56.1 Å². The molecule has 1 aliphatic heterocycles. The van der Waals surface area contributed by atoms with Crippen LogP contribution in [0.15, 0.2) is 18.3 Å². The summed E-state index contributed by atoms with van der Waals surface area (Å²) in [4.78, 5) is 16.8. The number of carboxylic acid groups (broad SMARTS) is 1. The summed E-state index contributed by atoms with van der Waals surface area (Å²) in [6.45, 7) is 1.33. The summed E-state index contributed by atoms with van der Waals surface area (Å²) in [5.41, 5.74) is 0. The number of pyridine rings is 1. The minimum Gasteiger partial charge on any atom is -0.465 e. The van der Waals surface area contributed by atoms with Crippen molar-refractivity contribution in [2.24, 2.45) is 11.8 Å². The van der Waals surface area contributed by atoms with E-state index in [1.54, 1.807) is 6.20 Å². The van der Waals surface area contributed by atoms with E-state index in [2.05, 4.69) is 10.3 Å². The Labute approximate surface area is 135 Å². The van der Waals surface area contributed by atoms with E-state index in [9.17, 15) is 4.79 Å². The summed E-state index contributed by atoms with van der Waals surface area (Å²) in [5.74, 6) is 2.21. The quantitative estimate of drug-likeness (QED) is 0.867. The summed E-state index contributed by atoms with van der Waals surface area (Å²) in [7, 11) is 0. The second-order valence-electron chi connectivity index (χ2n) is 6.40. The predicted molar refractivity (Wildman–Crippen MR) is 86.3 cm³/mol. The molecule has 1 atom stereocenters. The Bertz CT molecular complexity index is 511. The van der Waals surface area contributed by atoms with Crippen LogP contribution in [0.25, 0.3) is 0 Å². The zero-order chi connectivity index (χ0) is 15.5. The van der Waals surface area contributed by atoms with Crippen molar-refractivity contribution in [2.75, 3.05) is 18.4 Å². The number of amides is 1. The Morgan fingerprint density at radius 2 is 2.09 bits per heavy atom. The van der Waals surface area contributed by atoms with Crippen molar-refractivity contribution in [3.63, 3.8) is 0 Å². The molecule has 1 amide bonds. The topological polar surface area (TPSA) is 65.5 Å². The largest absolute Gasteiger partial charge is 0.465 e. The van der Waals surface area contributed by atoms with Gasteiger partial charge in [0.25, 0.3) is 0 Å². The number of anilines is 1. The fraction of sp³-hybridized carbons (Fsp3) is 0.625. The van der Waals surface area contributed by atoms with Gasteiger partial charge in [-0.15, -0.1) is 0 Å². The maximum atomic E-state index is 11.0. The molecule has 2 N–H and O–H groups in total. The van der Waals surface area contributed by atoms with Crippen LogP contribution < -0.4 is 5.32 Å². The molecule has 1 aromatic rings. The molecule has 1 saturated carbocycles. The van der Waals surface area contributed by atoms with Gasteiger partial charge in [0.15, 0.2) is 0 Å². The van der Waals surface area contributed by atoms with Crippen molar-refractivity contribution in [3.8, 4) is 0 Å². The van der Waals surface area contributed by atoms with Gasteiger partial charge < -0.3 is 15.3 Å². The molecule has 6 heteroatoms. The first kappa shape index (κ1) is 15.4. The van der Waals surface area contributed by atoms with E-state index in [-0.39, 0.29) is 0 Å². The summed E-state index contributed by atoms with van der Waals surface area (Å²) >= 11 is 5.88. The van der Waals surface area contributed by atoms with Crippen LogP contribution >= 0.6 is 11.6 Å². The van der Waals surface area contributed by atoms with Crippen LogP contribution in [0.4, 0.5) is 10.6 Å². The molecular weight excluding hydrogens is 302 g/mol. The van der Waals surface area contributed by atoms with Gasteiger partial charge in [-0.1, -0.05) is 11.6 Å². The molecule has 0 spiro atoms. The number of hydrogen-bond acceptors (Lipinski definition) is 3. The van der Waals surface area contributed by atoms with E-state index < -0.39 is 6.09 Å². The predicted octanol–water partition coefficient (Wildman–Crippen LogP) is 3.71. The van der Waals surface area contributed by atoms with Crippen molar-refractivity contribution in [1.82, 2.24) is 9.88 Å². The zero-order valence-electron chi connectivity index (χ0n) is 12.5. The van der Waals surface area contributed by atoms with Crippen LogP contribution in [-0.2, 0) is 0 Å². The molecule has 1 aliphatic carbocycles. The zero-order valence-corrected chi connectivity index (χ0v) is 13.3. The molecule has 22 heavy (non-hydrogen) atoms. The first-order chi connectivity index (χ1) is 10.6. The van der Waals surface area contributed by atoms with Gasteiger partial charge in [0.1, 0.15) is 5.82 Å². The monoisotopic (exact) mass is 323 g/mol. The lowest BCUT2D eigenvalue weighted by Crippen LogP contribution is -2.39. The summed E-state index contributed by atoms with van der Waals surface area (Å²) < 4.78 is 0. The fourth-order valence-corrected chi connectivity index (χ4v) is 3.35. The minimum atomic E-state index is -0.791. The van der Waals surface area contributed by atoms with E-state index in [4.69, 9.17) is 16.7 Å². The number of aromatic nitrogens is 1. The van der Waals surface area contributed by atoms with Gasteiger partial charge in [0.05, 0.1) is 5.02 Å². The molecule has 0 radical (unpaired) electrons. The number of hydrogen-bond donors (Lipinski definition) is 2. The van der Waals surface area contributed by atoms with Crippen molar-refractivity contribution >= 4 is 23.5 Å². The second-order valence-corrected chi connectivity index (χ2v) is 6.84. The van der Waals surface area contributed by atoms with Gasteiger partial charge in [0.2, 0.25) is 0 Å². The van der Waals surface area contributed by atoms with Crippen LogP contribution in [0, 0.1) is 11.8 Å². The van der Waals surface area contributed by atoms with E-state index >= 15 is 0 Å². The molecule has 2 heterocycles. The minimum absolute atomic E-state index is 0.440.